The van der Waals surface area contributed by atoms with Gasteiger partial charge < -0.3 is 15.6 Å². The molecule has 0 bridgehead atoms. The topological polar surface area (TPSA) is 159 Å². The molecular formula is C19H17N2Na2O7S2-. The Morgan fingerprint density at radius 3 is 1.97 bits per heavy atom. The third-order valence-electron chi connectivity index (χ3n) is 4.65. The summed E-state index contributed by atoms with van der Waals surface area (Å²) >= 11 is 0. The van der Waals surface area contributed by atoms with Crippen LogP contribution in [0.1, 0.15) is 18.1 Å². The molecule has 0 aromatic heterocycles. The van der Waals surface area contributed by atoms with Crippen LogP contribution in [0.25, 0.3) is 10.8 Å². The van der Waals surface area contributed by atoms with Crippen LogP contribution in [0.15, 0.2) is 56.4 Å². The standard InChI is InChI=1S/C19H18N2O7S2.2Na.H/c1-10-6-12(3)16(7-11(10)2)20-21-18-15-5-4-14(29(23,24)25)8-13(15)9-17(19(18)22)30(26,27)28;;;/h4-9,22H,1-3H3,(H,23,24,25)(H,26,27,28);;;/q;2*+1;-1/p-2. The number of nitrogens with zero attached hydrogens (tertiary/aromatic N) is 2. The van der Waals surface area contributed by atoms with Gasteiger partial charge in [-0.15, -0.1) is 5.11 Å². The number of azo groups is 1. The Kier molecular flexibility index (Phi) is 9.66. The Hall–Kier alpha value is -0.860. The van der Waals surface area contributed by atoms with Crippen LogP contribution in [-0.2, 0) is 20.2 Å². The third-order valence-corrected chi connectivity index (χ3v) is 6.33. The van der Waals surface area contributed by atoms with Crippen LogP contribution >= 0.6 is 0 Å². The fourth-order valence-corrected chi connectivity index (χ4v) is 4.04. The minimum Gasteiger partial charge on any atom is -1.00 e. The molecule has 0 saturated heterocycles. The Balaban J connectivity index is 0.00000341. The summed E-state index contributed by atoms with van der Waals surface area (Å²) in [4.78, 5) is -1.62. The number of rotatable bonds is 4. The molecule has 0 fully saturated rings. The second kappa shape index (κ2) is 10.6. The van der Waals surface area contributed by atoms with Crippen molar-refractivity contribution in [1.82, 2.24) is 0 Å². The van der Waals surface area contributed by atoms with Gasteiger partial charge in [0.25, 0.3) is 0 Å². The van der Waals surface area contributed by atoms with Crippen molar-refractivity contribution in [2.24, 2.45) is 10.2 Å². The molecule has 0 aliphatic rings. The number of hydrogen-bond donors (Lipinski definition) is 1. The molecule has 0 atom stereocenters. The number of phenols is 1. The van der Waals surface area contributed by atoms with E-state index in [9.17, 15) is 31.0 Å². The quantitative estimate of drug-likeness (QED) is 0.245. The van der Waals surface area contributed by atoms with E-state index in [2.05, 4.69) is 10.2 Å². The molecule has 0 radical (unpaired) electrons. The second-order valence-corrected chi connectivity index (χ2v) is 9.51. The Morgan fingerprint density at radius 2 is 1.41 bits per heavy atom. The van der Waals surface area contributed by atoms with E-state index in [1.54, 1.807) is 13.0 Å². The molecule has 13 heteroatoms. The van der Waals surface area contributed by atoms with Gasteiger partial charge in [-0.3, -0.25) is 0 Å². The number of phenolic OH excluding ortho intramolecular Hbond substituents is 1. The number of aryl methyl sites for hydroxylation is 3. The van der Waals surface area contributed by atoms with E-state index in [-0.39, 0.29) is 77.0 Å². The van der Waals surface area contributed by atoms with Gasteiger partial charge in [0, 0.05) is 5.39 Å². The van der Waals surface area contributed by atoms with Crippen molar-refractivity contribution in [3.63, 3.8) is 0 Å². The molecule has 0 spiro atoms. The third kappa shape index (κ3) is 6.17. The predicted octanol–water partition coefficient (Wildman–Crippen LogP) is -2.19. The second-order valence-electron chi connectivity index (χ2n) is 6.79. The van der Waals surface area contributed by atoms with Gasteiger partial charge in [0.15, 0.2) is 5.75 Å². The molecule has 0 aliphatic heterocycles. The Morgan fingerprint density at radius 1 is 0.812 bits per heavy atom. The fourth-order valence-electron chi connectivity index (χ4n) is 2.93. The largest absolute Gasteiger partial charge is 1.00 e. The Labute approximate surface area is 231 Å². The number of benzene rings is 3. The SMILES string of the molecule is Cc1cc(C)c(N=Nc2c(O)c(S(=O)(=O)[O-])cc3cc(S(=O)(=O)[O-])ccc23)cc1C.[H-].[Na+].[Na+]. The van der Waals surface area contributed by atoms with Gasteiger partial charge in [0.2, 0.25) is 0 Å². The van der Waals surface area contributed by atoms with Crippen LogP contribution in [-0.4, -0.2) is 31.0 Å². The zero-order chi connectivity index (χ0) is 22.4. The zero-order valence-corrected chi connectivity index (χ0v) is 23.7. The number of aromatic hydroxyl groups is 1. The van der Waals surface area contributed by atoms with Crippen molar-refractivity contribution < 1.29 is 91.6 Å². The van der Waals surface area contributed by atoms with E-state index >= 15 is 0 Å². The van der Waals surface area contributed by atoms with Crippen LogP contribution in [0, 0.1) is 20.8 Å². The van der Waals surface area contributed by atoms with E-state index in [1.807, 2.05) is 19.9 Å². The van der Waals surface area contributed by atoms with E-state index in [4.69, 9.17) is 0 Å². The molecule has 3 aromatic carbocycles. The first-order valence-electron chi connectivity index (χ1n) is 8.50. The molecule has 0 amide bonds. The monoisotopic (exact) mass is 495 g/mol. The van der Waals surface area contributed by atoms with Gasteiger partial charge in [-0.05, 0) is 67.1 Å². The number of fused-ring (bicyclic) bond motifs is 1. The first kappa shape index (κ1) is 29.2. The van der Waals surface area contributed by atoms with Crippen molar-refractivity contribution in [1.29, 1.82) is 0 Å². The molecule has 3 rings (SSSR count). The van der Waals surface area contributed by atoms with E-state index in [0.717, 1.165) is 34.9 Å². The molecule has 1 N–H and O–H groups in total. The molecule has 0 unspecified atom stereocenters. The fraction of sp³-hybridized carbons (Fsp3) is 0.158. The Bertz CT molecular complexity index is 1440. The van der Waals surface area contributed by atoms with Crippen LogP contribution < -0.4 is 59.1 Å². The summed E-state index contributed by atoms with van der Waals surface area (Å²) in [5.41, 5.74) is 2.86. The van der Waals surface area contributed by atoms with E-state index in [1.165, 1.54) is 6.07 Å². The van der Waals surface area contributed by atoms with Crippen molar-refractivity contribution in [2.75, 3.05) is 0 Å². The van der Waals surface area contributed by atoms with Crippen molar-refractivity contribution in [2.45, 2.75) is 30.6 Å². The van der Waals surface area contributed by atoms with Gasteiger partial charge in [-0.25, -0.2) is 16.8 Å². The first-order valence-corrected chi connectivity index (χ1v) is 11.3. The smallest absolute Gasteiger partial charge is 1.00 e. The van der Waals surface area contributed by atoms with E-state index in [0.29, 0.717) is 5.69 Å². The normalized spacial score (nSPS) is 11.9. The van der Waals surface area contributed by atoms with Gasteiger partial charge in [0.1, 0.15) is 25.9 Å². The summed E-state index contributed by atoms with van der Waals surface area (Å²) in [6.45, 7) is 5.59. The summed E-state index contributed by atoms with van der Waals surface area (Å²) in [6, 6.07) is 7.52. The van der Waals surface area contributed by atoms with Crippen LogP contribution in [0.5, 0.6) is 5.75 Å². The van der Waals surface area contributed by atoms with Crippen LogP contribution in [0.4, 0.5) is 11.4 Å². The molecule has 32 heavy (non-hydrogen) atoms. The maximum atomic E-state index is 11.6. The van der Waals surface area contributed by atoms with Gasteiger partial charge in [-0.1, -0.05) is 12.1 Å². The number of hydrogen-bond acceptors (Lipinski definition) is 9. The summed E-state index contributed by atoms with van der Waals surface area (Å²) in [7, 11) is -9.96. The molecule has 0 saturated carbocycles. The summed E-state index contributed by atoms with van der Waals surface area (Å²) < 4.78 is 68.6. The molecule has 160 valence electrons. The van der Waals surface area contributed by atoms with Crippen LogP contribution in [0.2, 0.25) is 0 Å². The van der Waals surface area contributed by atoms with Crippen LogP contribution in [0.3, 0.4) is 0 Å². The zero-order valence-electron chi connectivity index (χ0n) is 19.1. The van der Waals surface area contributed by atoms with Gasteiger partial charge in [0.05, 0.1) is 15.5 Å². The summed E-state index contributed by atoms with van der Waals surface area (Å²) in [5, 5.41) is 18.4. The van der Waals surface area contributed by atoms with Crippen molar-refractivity contribution in [3.8, 4) is 5.75 Å². The molecule has 9 nitrogen and oxygen atoms in total. The minimum atomic E-state index is -5.13. The van der Waals surface area contributed by atoms with Gasteiger partial charge in [-0.2, -0.15) is 5.11 Å². The molecule has 0 heterocycles. The van der Waals surface area contributed by atoms with Crippen molar-refractivity contribution >= 4 is 42.4 Å². The first-order chi connectivity index (χ1) is 13.8. The van der Waals surface area contributed by atoms with Gasteiger partial charge >= 0.3 is 59.1 Å². The molecule has 3 aromatic rings. The average molecular weight is 495 g/mol. The maximum absolute atomic E-state index is 11.6. The van der Waals surface area contributed by atoms with E-state index < -0.39 is 35.8 Å². The predicted molar refractivity (Wildman–Crippen MR) is 107 cm³/mol. The summed E-state index contributed by atoms with van der Waals surface area (Å²) in [6.07, 6.45) is 0. The summed E-state index contributed by atoms with van der Waals surface area (Å²) in [5.74, 6) is -0.916. The molecule has 0 aliphatic carbocycles. The minimum absolute atomic E-state index is 0. The molecular weight excluding hydrogens is 478 g/mol. The van der Waals surface area contributed by atoms with Crippen molar-refractivity contribution in [3.05, 3.63) is 53.1 Å². The average Bonchev–Trinajstić information content (AvgIpc) is 2.62. The maximum Gasteiger partial charge on any atom is 1.00 e.